The molecule has 1 amide bonds. The number of carbonyl (C=O) groups excluding carboxylic acids is 1. The number of carbonyl (C=O) groups is 1. The van der Waals surface area contributed by atoms with Crippen molar-refractivity contribution >= 4 is 45.0 Å². The van der Waals surface area contributed by atoms with Crippen LogP contribution in [0.3, 0.4) is 0 Å². The third-order valence-electron chi connectivity index (χ3n) is 3.65. The molecule has 0 aliphatic heterocycles. The fourth-order valence-electron chi connectivity index (χ4n) is 2.35. The smallest absolute Gasteiger partial charge is 0.271 e. The molecule has 2 unspecified atom stereocenters. The van der Waals surface area contributed by atoms with Gasteiger partial charge in [0.15, 0.2) is 5.69 Å². The van der Waals surface area contributed by atoms with E-state index in [4.69, 9.17) is 11.6 Å². The topological polar surface area (TPSA) is 100 Å². The number of thiophene rings is 1. The summed E-state index contributed by atoms with van der Waals surface area (Å²) in [6.45, 7) is 3.69. The van der Waals surface area contributed by atoms with Gasteiger partial charge in [0, 0.05) is 18.9 Å². The summed E-state index contributed by atoms with van der Waals surface area (Å²) in [7, 11) is 0. The van der Waals surface area contributed by atoms with Crippen molar-refractivity contribution in [1.82, 2.24) is 20.3 Å². The summed E-state index contributed by atoms with van der Waals surface area (Å²) in [5.74, 6) is -0.00792. The van der Waals surface area contributed by atoms with Crippen LogP contribution in [-0.4, -0.2) is 38.6 Å². The van der Waals surface area contributed by atoms with E-state index in [1.54, 1.807) is 19.3 Å². The molecule has 0 fully saturated rings. The van der Waals surface area contributed by atoms with Gasteiger partial charge in [-0.05, 0) is 36.9 Å². The van der Waals surface area contributed by atoms with Gasteiger partial charge in [-0.15, -0.1) is 11.3 Å². The summed E-state index contributed by atoms with van der Waals surface area (Å²) in [5, 5.41) is 17.6. The van der Waals surface area contributed by atoms with Crippen molar-refractivity contribution < 1.29 is 9.90 Å². The second kappa shape index (κ2) is 7.94. The summed E-state index contributed by atoms with van der Waals surface area (Å²) >= 11 is 7.39. The zero-order valence-corrected chi connectivity index (χ0v) is 15.8. The molecule has 3 aromatic rings. The molecule has 26 heavy (non-hydrogen) atoms. The lowest BCUT2D eigenvalue weighted by atomic mass is 10.1. The number of hydrogen-bond acceptors (Lipinski definition) is 7. The van der Waals surface area contributed by atoms with Crippen LogP contribution in [0, 0.1) is 0 Å². The maximum absolute atomic E-state index is 12.5. The minimum atomic E-state index is -0.632. The molecule has 136 valence electrons. The Morgan fingerprint density at radius 1 is 1.35 bits per heavy atom. The van der Waals surface area contributed by atoms with Crippen LogP contribution in [0.5, 0.6) is 0 Å². The van der Waals surface area contributed by atoms with E-state index in [0.29, 0.717) is 21.2 Å². The number of rotatable bonds is 6. The zero-order valence-electron chi connectivity index (χ0n) is 14.2. The van der Waals surface area contributed by atoms with Gasteiger partial charge in [-0.3, -0.25) is 9.78 Å². The number of halogens is 1. The molecule has 3 rings (SSSR count). The van der Waals surface area contributed by atoms with Gasteiger partial charge in [-0.2, -0.15) is 0 Å². The van der Waals surface area contributed by atoms with Crippen LogP contribution >= 0.6 is 22.9 Å². The molecule has 3 aromatic heterocycles. The average Bonchev–Trinajstić information content (AvgIpc) is 3.07. The monoisotopic (exact) mass is 391 g/mol. The number of fused-ring (bicyclic) bond motifs is 1. The van der Waals surface area contributed by atoms with Crippen LogP contribution in [0.4, 0.5) is 5.95 Å². The largest absolute Gasteiger partial charge is 0.392 e. The standard InChI is InChI=1S/C17H18ClN5O2S/c1-9(24)6-20-16(25)14-15-13(3-4-26-15)22-17(23-14)21-10(2)11-5-12(18)8-19-7-11/h3-5,7-10,24H,6H2,1-2H3,(H,20,25)(H,21,22,23). The molecular formula is C17H18ClN5O2S. The van der Waals surface area contributed by atoms with Crippen LogP contribution in [0.1, 0.15) is 35.9 Å². The number of anilines is 1. The molecule has 0 spiro atoms. The van der Waals surface area contributed by atoms with Gasteiger partial charge in [0.25, 0.3) is 5.91 Å². The van der Waals surface area contributed by atoms with Crippen LogP contribution in [0.2, 0.25) is 5.02 Å². The molecule has 0 aromatic carbocycles. The minimum absolute atomic E-state index is 0.148. The second-order valence-corrected chi connectivity index (χ2v) is 7.24. The molecule has 9 heteroatoms. The van der Waals surface area contributed by atoms with Crippen molar-refractivity contribution in [3.05, 3.63) is 46.2 Å². The Bertz CT molecular complexity index is 930. The molecule has 3 N–H and O–H groups in total. The Hall–Kier alpha value is -2.29. The highest BCUT2D eigenvalue weighted by Crippen LogP contribution is 2.25. The third kappa shape index (κ3) is 4.27. The second-order valence-electron chi connectivity index (χ2n) is 5.89. The predicted molar refractivity (Wildman–Crippen MR) is 103 cm³/mol. The molecule has 0 aliphatic carbocycles. The van der Waals surface area contributed by atoms with E-state index in [-0.39, 0.29) is 24.2 Å². The first kappa shape index (κ1) is 18.5. The fraction of sp³-hybridized carbons (Fsp3) is 0.294. The summed E-state index contributed by atoms with van der Waals surface area (Å²) in [5.41, 5.74) is 1.85. The van der Waals surface area contributed by atoms with Crippen molar-refractivity contribution in [1.29, 1.82) is 0 Å². The first-order valence-electron chi connectivity index (χ1n) is 8.02. The normalized spacial score (nSPS) is 13.4. The molecule has 0 saturated heterocycles. The van der Waals surface area contributed by atoms with Crippen molar-refractivity contribution in [3.63, 3.8) is 0 Å². The number of pyridine rings is 1. The van der Waals surface area contributed by atoms with Crippen LogP contribution in [0.25, 0.3) is 10.2 Å². The van der Waals surface area contributed by atoms with Gasteiger partial charge < -0.3 is 15.7 Å². The van der Waals surface area contributed by atoms with E-state index in [2.05, 4.69) is 25.6 Å². The Balaban J connectivity index is 1.88. The highest BCUT2D eigenvalue weighted by Gasteiger charge is 2.18. The van der Waals surface area contributed by atoms with Crippen LogP contribution in [0.15, 0.2) is 29.9 Å². The van der Waals surface area contributed by atoms with E-state index in [1.807, 2.05) is 24.4 Å². The average molecular weight is 392 g/mol. The molecule has 0 bridgehead atoms. The Morgan fingerprint density at radius 2 is 2.15 bits per heavy atom. The number of nitrogens with one attached hydrogen (secondary N) is 2. The van der Waals surface area contributed by atoms with Crippen molar-refractivity contribution in [2.75, 3.05) is 11.9 Å². The Kier molecular flexibility index (Phi) is 5.65. The number of aliphatic hydroxyl groups is 1. The summed E-state index contributed by atoms with van der Waals surface area (Å²) in [4.78, 5) is 25.4. The quantitative estimate of drug-likeness (QED) is 0.597. The van der Waals surface area contributed by atoms with E-state index < -0.39 is 6.10 Å². The maximum atomic E-state index is 12.5. The predicted octanol–water partition coefficient (Wildman–Crippen LogP) is 3.02. The highest BCUT2D eigenvalue weighted by atomic mass is 35.5. The van der Waals surface area contributed by atoms with Gasteiger partial charge in [0.1, 0.15) is 0 Å². The summed E-state index contributed by atoms with van der Waals surface area (Å²) in [6.07, 6.45) is 2.65. The first-order chi connectivity index (χ1) is 12.4. The lowest BCUT2D eigenvalue weighted by Crippen LogP contribution is -2.31. The number of nitrogens with zero attached hydrogens (tertiary/aromatic N) is 3. The minimum Gasteiger partial charge on any atom is -0.392 e. The number of aromatic nitrogens is 3. The number of aliphatic hydroxyl groups excluding tert-OH is 1. The molecule has 7 nitrogen and oxygen atoms in total. The van der Waals surface area contributed by atoms with E-state index in [1.165, 1.54) is 11.3 Å². The van der Waals surface area contributed by atoms with Crippen molar-refractivity contribution in [3.8, 4) is 0 Å². The molecule has 0 aliphatic rings. The van der Waals surface area contributed by atoms with Gasteiger partial charge in [0.05, 0.1) is 27.4 Å². The Morgan fingerprint density at radius 3 is 2.88 bits per heavy atom. The third-order valence-corrected chi connectivity index (χ3v) is 4.77. The van der Waals surface area contributed by atoms with Crippen LogP contribution in [-0.2, 0) is 0 Å². The summed E-state index contributed by atoms with van der Waals surface area (Å²) in [6, 6.07) is 3.50. The first-order valence-corrected chi connectivity index (χ1v) is 9.28. The molecular weight excluding hydrogens is 374 g/mol. The van der Waals surface area contributed by atoms with Gasteiger partial charge >= 0.3 is 0 Å². The van der Waals surface area contributed by atoms with Crippen LogP contribution < -0.4 is 10.6 Å². The molecule has 3 heterocycles. The number of hydrogen-bond donors (Lipinski definition) is 3. The van der Waals surface area contributed by atoms with Gasteiger partial charge in [-0.25, -0.2) is 9.97 Å². The van der Waals surface area contributed by atoms with E-state index in [0.717, 1.165) is 5.56 Å². The van der Waals surface area contributed by atoms with Crippen molar-refractivity contribution in [2.45, 2.75) is 26.0 Å². The molecule has 2 atom stereocenters. The highest BCUT2D eigenvalue weighted by molar-refractivity contribution is 7.17. The van der Waals surface area contributed by atoms with Crippen molar-refractivity contribution in [2.24, 2.45) is 0 Å². The van der Waals surface area contributed by atoms with Gasteiger partial charge in [-0.1, -0.05) is 11.6 Å². The van der Waals surface area contributed by atoms with Gasteiger partial charge in [0.2, 0.25) is 5.95 Å². The molecule has 0 saturated carbocycles. The number of amides is 1. The zero-order chi connectivity index (χ0) is 18.7. The Labute approximate surface area is 159 Å². The van der Waals surface area contributed by atoms with E-state index >= 15 is 0 Å². The molecule has 0 radical (unpaired) electrons. The summed E-state index contributed by atoms with van der Waals surface area (Å²) < 4.78 is 0.704. The maximum Gasteiger partial charge on any atom is 0.271 e. The lowest BCUT2D eigenvalue weighted by Gasteiger charge is -2.15. The SMILES string of the molecule is CC(O)CNC(=O)c1nc(NC(C)c2cncc(Cl)c2)nc2ccsc12. The lowest BCUT2D eigenvalue weighted by molar-refractivity contribution is 0.0921. The van der Waals surface area contributed by atoms with E-state index in [9.17, 15) is 9.90 Å². The fourth-order valence-corrected chi connectivity index (χ4v) is 3.35.